The first-order valence-corrected chi connectivity index (χ1v) is 12.4. The lowest BCUT2D eigenvalue weighted by atomic mass is 10.1. The number of aryl methyl sites for hydroxylation is 2. The molecular weight excluding hydrogens is 432 g/mol. The van der Waals surface area contributed by atoms with Gasteiger partial charge in [0.05, 0.1) is 28.6 Å². The van der Waals surface area contributed by atoms with Crippen LogP contribution in [0, 0.1) is 0 Å². The van der Waals surface area contributed by atoms with Gasteiger partial charge in [0.25, 0.3) is 10.1 Å². The van der Waals surface area contributed by atoms with E-state index in [2.05, 4.69) is 33.0 Å². The van der Waals surface area contributed by atoms with Crippen molar-refractivity contribution in [3.63, 3.8) is 0 Å². The monoisotopic (exact) mass is 455 g/mol. The van der Waals surface area contributed by atoms with Gasteiger partial charge in [-0.1, -0.05) is 48.5 Å². The van der Waals surface area contributed by atoms with Crippen LogP contribution in [0.2, 0.25) is 0 Å². The summed E-state index contributed by atoms with van der Waals surface area (Å²) in [6, 6.07) is 18.3. The van der Waals surface area contributed by atoms with E-state index < -0.39 is 10.1 Å². The second-order valence-electron chi connectivity index (χ2n) is 7.21. The van der Waals surface area contributed by atoms with Crippen molar-refractivity contribution in [1.29, 1.82) is 0 Å². The van der Waals surface area contributed by atoms with Crippen molar-refractivity contribution in [2.45, 2.75) is 19.4 Å². The van der Waals surface area contributed by atoms with Crippen LogP contribution in [-0.2, 0) is 23.7 Å². The van der Waals surface area contributed by atoms with Gasteiger partial charge >= 0.3 is 5.13 Å². The van der Waals surface area contributed by atoms with E-state index in [0.29, 0.717) is 19.4 Å². The Morgan fingerprint density at radius 1 is 1.03 bits per heavy atom. The largest absolute Gasteiger partial charge is 0.408 e. The molecular formula is C22H23N4O3S2+. The summed E-state index contributed by atoms with van der Waals surface area (Å²) in [6.45, 7) is 0.606. The molecule has 2 aromatic heterocycles. The van der Waals surface area contributed by atoms with E-state index >= 15 is 0 Å². The van der Waals surface area contributed by atoms with Crippen LogP contribution in [0.4, 0.5) is 10.8 Å². The third kappa shape index (κ3) is 4.90. The Balaban J connectivity index is 1.65. The summed E-state index contributed by atoms with van der Waals surface area (Å²) in [5, 5.41) is 12.9. The van der Waals surface area contributed by atoms with Crippen molar-refractivity contribution in [2.24, 2.45) is 17.3 Å². The van der Waals surface area contributed by atoms with Gasteiger partial charge in [0.15, 0.2) is 0 Å². The highest BCUT2D eigenvalue weighted by Gasteiger charge is 2.19. The van der Waals surface area contributed by atoms with Crippen LogP contribution < -0.4 is 4.57 Å². The molecule has 31 heavy (non-hydrogen) atoms. The number of aromatic nitrogens is 2. The maximum Gasteiger partial charge on any atom is 0.408 e. The third-order valence-electron chi connectivity index (χ3n) is 5.07. The number of unbranched alkanes of at least 4 members (excludes halogenated alkanes) is 1. The molecule has 0 amide bonds. The van der Waals surface area contributed by atoms with E-state index in [9.17, 15) is 8.42 Å². The number of para-hydroxylation sites is 1. The van der Waals surface area contributed by atoms with Crippen molar-refractivity contribution in [2.75, 3.05) is 5.75 Å². The number of nitrogens with zero attached hydrogens (tertiary/aromatic N) is 4. The van der Waals surface area contributed by atoms with Crippen LogP contribution in [0.3, 0.4) is 0 Å². The summed E-state index contributed by atoms with van der Waals surface area (Å²) in [4.78, 5) is 0. The molecule has 9 heteroatoms. The average molecular weight is 456 g/mol. The van der Waals surface area contributed by atoms with E-state index in [-0.39, 0.29) is 5.75 Å². The molecule has 2 heterocycles. The van der Waals surface area contributed by atoms with Crippen LogP contribution in [0.1, 0.15) is 12.8 Å². The number of azo groups is 1. The van der Waals surface area contributed by atoms with Gasteiger partial charge in [-0.2, -0.15) is 8.42 Å². The van der Waals surface area contributed by atoms with Crippen molar-refractivity contribution in [3.05, 3.63) is 66.2 Å². The van der Waals surface area contributed by atoms with Crippen LogP contribution in [0.15, 0.2) is 76.4 Å². The molecule has 0 aliphatic heterocycles. The Morgan fingerprint density at radius 3 is 2.55 bits per heavy atom. The highest BCUT2D eigenvalue weighted by atomic mass is 32.2. The van der Waals surface area contributed by atoms with Gasteiger partial charge in [0.1, 0.15) is 11.9 Å². The second-order valence-corrected chi connectivity index (χ2v) is 9.66. The fourth-order valence-electron chi connectivity index (χ4n) is 3.61. The Morgan fingerprint density at radius 2 is 1.77 bits per heavy atom. The number of hydrogen-bond acceptors (Lipinski definition) is 5. The Hall–Kier alpha value is -2.88. The standard InChI is InChI=1S/C22H22N4O3S2/c1-25-19-12-6-5-11-18(19)20(21(25)17-9-3-2-4-10-17)23-24-22-26(14-15-30-22)13-7-8-16-31(27,28)29/h2-6,9-12,14-15H,7-8,13,16H2,1H3/p+1. The normalized spacial score (nSPS) is 12.2. The van der Waals surface area contributed by atoms with Crippen LogP contribution in [-0.4, -0.2) is 23.3 Å². The Bertz CT molecular complexity index is 1330. The number of thiazole rings is 1. The maximum atomic E-state index is 10.9. The van der Waals surface area contributed by atoms with E-state index in [1.807, 2.05) is 59.6 Å². The van der Waals surface area contributed by atoms with Crippen molar-refractivity contribution in [1.82, 2.24) is 4.57 Å². The quantitative estimate of drug-likeness (QED) is 0.170. The maximum absolute atomic E-state index is 10.9. The molecule has 0 unspecified atom stereocenters. The zero-order valence-electron chi connectivity index (χ0n) is 17.0. The van der Waals surface area contributed by atoms with Gasteiger partial charge in [-0.3, -0.25) is 4.55 Å². The molecule has 0 bridgehead atoms. The molecule has 0 atom stereocenters. The minimum Gasteiger partial charge on any atom is -0.342 e. The first-order chi connectivity index (χ1) is 14.9. The SMILES string of the molecule is Cn1c(-c2ccccc2)c(N=Nc2scc[n+]2CCCCS(=O)(=O)O)c2ccccc21. The summed E-state index contributed by atoms with van der Waals surface area (Å²) in [5.74, 6) is -0.231. The molecule has 0 aliphatic rings. The summed E-state index contributed by atoms with van der Waals surface area (Å²) in [5.41, 5.74) is 3.97. The summed E-state index contributed by atoms with van der Waals surface area (Å²) in [6.07, 6.45) is 2.92. The van der Waals surface area contributed by atoms with Gasteiger partial charge in [0.2, 0.25) is 0 Å². The third-order valence-corrected chi connectivity index (χ3v) is 6.66. The van der Waals surface area contributed by atoms with Crippen molar-refractivity contribution >= 4 is 43.2 Å². The Kier molecular flexibility index (Phi) is 6.26. The first kappa shape index (κ1) is 21.4. The fraction of sp³-hybridized carbons (Fsp3) is 0.227. The van der Waals surface area contributed by atoms with Crippen LogP contribution in [0.5, 0.6) is 0 Å². The Labute approximate surface area is 185 Å². The van der Waals surface area contributed by atoms with Crippen LogP contribution >= 0.6 is 11.3 Å². The molecule has 0 spiro atoms. The zero-order valence-corrected chi connectivity index (χ0v) is 18.7. The summed E-state index contributed by atoms with van der Waals surface area (Å²) < 4.78 is 34.8. The predicted molar refractivity (Wildman–Crippen MR) is 123 cm³/mol. The molecule has 160 valence electrons. The lowest BCUT2D eigenvalue weighted by Crippen LogP contribution is -2.31. The first-order valence-electron chi connectivity index (χ1n) is 9.91. The fourth-order valence-corrected chi connectivity index (χ4v) is 4.88. The van der Waals surface area contributed by atoms with Crippen molar-refractivity contribution < 1.29 is 17.5 Å². The minimum atomic E-state index is -3.92. The molecule has 0 radical (unpaired) electrons. The topological polar surface area (TPSA) is 87.9 Å². The molecule has 0 saturated heterocycles. The summed E-state index contributed by atoms with van der Waals surface area (Å²) in [7, 11) is -1.89. The second kappa shape index (κ2) is 9.09. The lowest BCUT2D eigenvalue weighted by molar-refractivity contribution is -0.680. The zero-order chi connectivity index (χ0) is 21.8. The molecule has 0 fully saturated rings. The molecule has 2 aromatic carbocycles. The molecule has 4 rings (SSSR count). The van der Waals surface area contributed by atoms with Gasteiger partial charge in [0, 0.05) is 23.4 Å². The van der Waals surface area contributed by atoms with Crippen molar-refractivity contribution in [3.8, 4) is 11.3 Å². The molecule has 0 aliphatic carbocycles. The van der Waals surface area contributed by atoms with Gasteiger partial charge in [-0.25, -0.2) is 4.57 Å². The summed E-state index contributed by atoms with van der Waals surface area (Å²) >= 11 is 1.47. The molecule has 0 saturated carbocycles. The van der Waals surface area contributed by atoms with Gasteiger partial charge in [-0.05, 0) is 35.4 Å². The molecule has 1 N–H and O–H groups in total. The highest BCUT2D eigenvalue weighted by Crippen LogP contribution is 2.40. The smallest absolute Gasteiger partial charge is 0.342 e. The molecule has 7 nitrogen and oxygen atoms in total. The molecule has 4 aromatic rings. The average Bonchev–Trinajstić information content (AvgIpc) is 3.32. The van der Waals surface area contributed by atoms with E-state index in [4.69, 9.17) is 4.55 Å². The lowest BCUT2D eigenvalue weighted by Gasteiger charge is -2.04. The van der Waals surface area contributed by atoms with Crippen LogP contribution in [0.25, 0.3) is 22.2 Å². The number of benzene rings is 2. The highest BCUT2D eigenvalue weighted by molar-refractivity contribution is 7.85. The van der Waals surface area contributed by atoms with Gasteiger partial charge < -0.3 is 4.57 Å². The number of rotatable bonds is 8. The number of fused-ring (bicyclic) bond motifs is 1. The number of hydrogen-bond donors (Lipinski definition) is 1. The minimum absolute atomic E-state index is 0.231. The predicted octanol–water partition coefficient (Wildman–Crippen LogP) is 5.28. The van der Waals surface area contributed by atoms with E-state index in [1.54, 1.807) is 0 Å². The van der Waals surface area contributed by atoms with E-state index in [0.717, 1.165) is 33.0 Å². The van der Waals surface area contributed by atoms with Gasteiger partial charge in [-0.15, -0.1) is 0 Å². The van der Waals surface area contributed by atoms with E-state index in [1.165, 1.54) is 11.3 Å².